The van der Waals surface area contributed by atoms with Crippen LogP contribution in [0.4, 0.5) is 0 Å². The molecule has 2 aromatic rings. The normalized spacial score (nSPS) is 11.9. The second-order valence-corrected chi connectivity index (χ2v) is 6.57. The van der Waals surface area contributed by atoms with Crippen molar-refractivity contribution in [1.29, 1.82) is 0 Å². The van der Waals surface area contributed by atoms with Crippen molar-refractivity contribution in [3.8, 4) is 0 Å². The van der Waals surface area contributed by atoms with Crippen LogP contribution in [0.2, 0.25) is 0 Å². The summed E-state index contributed by atoms with van der Waals surface area (Å²) < 4.78 is 24.4. The first-order valence-corrected chi connectivity index (χ1v) is 8.08. The van der Waals surface area contributed by atoms with E-state index >= 15 is 0 Å². The third-order valence-electron chi connectivity index (χ3n) is 2.93. The molecule has 0 saturated carbocycles. The Morgan fingerprint density at radius 3 is 2.33 bits per heavy atom. The average molecular weight is 283 g/mol. The van der Waals surface area contributed by atoms with Crippen molar-refractivity contribution in [2.75, 3.05) is 5.75 Å². The number of hydrogen-bond acceptors (Lipinski definition) is 2. The Bertz CT molecular complexity index is 663. The summed E-state index contributed by atoms with van der Waals surface area (Å²) in [7, 11) is -3.21. The van der Waals surface area contributed by atoms with Gasteiger partial charge in [-0.15, -0.1) is 11.6 Å². The molecule has 0 unspecified atom stereocenters. The van der Waals surface area contributed by atoms with Crippen molar-refractivity contribution in [1.82, 2.24) is 0 Å². The van der Waals surface area contributed by atoms with E-state index in [1.54, 1.807) is 12.1 Å². The van der Waals surface area contributed by atoms with Crippen molar-refractivity contribution >= 4 is 32.2 Å². The van der Waals surface area contributed by atoms with Gasteiger partial charge in [0, 0.05) is 11.3 Å². The van der Waals surface area contributed by atoms with Gasteiger partial charge in [-0.05, 0) is 23.4 Å². The molecule has 4 heteroatoms. The molecule has 0 fully saturated rings. The Hall–Kier alpha value is -1.06. The predicted octanol–water partition coefficient (Wildman–Crippen LogP) is 3.76. The van der Waals surface area contributed by atoms with Gasteiger partial charge in [0.25, 0.3) is 0 Å². The fourth-order valence-electron chi connectivity index (χ4n) is 2.10. The zero-order chi connectivity index (χ0) is 13.2. The van der Waals surface area contributed by atoms with Gasteiger partial charge >= 0.3 is 0 Å². The lowest BCUT2D eigenvalue weighted by Gasteiger charge is -2.10. The smallest absolute Gasteiger partial charge is 0.178 e. The highest BCUT2D eigenvalue weighted by Gasteiger charge is 2.17. The summed E-state index contributed by atoms with van der Waals surface area (Å²) in [5.41, 5.74) is 0.961. The minimum Gasteiger partial charge on any atom is -0.224 e. The predicted molar refractivity (Wildman–Crippen MR) is 75.8 cm³/mol. The molecule has 0 bridgehead atoms. The molecule has 2 aromatic carbocycles. The van der Waals surface area contributed by atoms with Crippen LogP contribution in [0.3, 0.4) is 0 Å². The number of hydrogen-bond donors (Lipinski definition) is 0. The Kier molecular flexibility index (Phi) is 3.93. The Morgan fingerprint density at radius 2 is 1.72 bits per heavy atom. The monoisotopic (exact) mass is 282 g/mol. The van der Waals surface area contributed by atoms with Crippen LogP contribution in [0.25, 0.3) is 10.8 Å². The standard InChI is InChI=1S/C14H15ClO2S/c1-2-9-18(16,17)14-8-7-11(10-15)12-5-3-4-6-13(12)14/h3-8H,2,9-10H2,1H3. The fourth-order valence-corrected chi connectivity index (χ4v) is 3.88. The zero-order valence-corrected chi connectivity index (χ0v) is 11.8. The summed E-state index contributed by atoms with van der Waals surface area (Å²) in [6.45, 7) is 1.87. The summed E-state index contributed by atoms with van der Waals surface area (Å²) in [6.07, 6.45) is 0.619. The topological polar surface area (TPSA) is 34.1 Å². The van der Waals surface area contributed by atoms with E-state index in [1.165, 1.54) is 0 Å². The van der Waals surface area contributed by atoms with E-state index in [1.807, 2.05) is 31.2 Å². The second-order valence-electron chi connectivity index (χ2n) is 4.22. The lowest BCUT2D eigenvalue weighted by Crippen LogP contribution is -2.06. The molecular formula is C14H15ClO2S. The van der Waals surface area contributed by atoms with E-state index in [9.17, 15) is 8.42 Å². The molecule has 0 heterocycles. The van der Waals surface area contributed by atoms with E-state index in [0.717, 1.165) is 16.3 Å². The molecule has 0 aliphatic heterocycles. The molecule has 0 radical (unpaired) electrons. The third-order valence-corrected chi connectivity index (χ3v) is 5.19. The van der Waals surface area contributed by atoms with Crippen LogP contribution in [0.15, 0.2) is 41.3 Å². The van der Waals surface area contributed by atoms with Gasteiger partial charge in [-0.1, -0.05) is 37.3 Å². The lowest BCUT2D eigenvalue weighted by atomic mass is 10.1. The molecule has 0 amide bonds. The number of alkyl halides is 1. The Labute approximate surface area is 113 Å². The molecule has 0 aliphatic carbocycles. The number of rotatable bonds is 4. The number of fused-ring (bicyclic) bond motifs is 1. The van der Waals surface area contributed by atoms with Gasteiger partial charge in [-0.3, -0.25) is 0 Å². The average Bonchev–Trinajstić information content (AvgIpc) is 2.37. The summed E-state index contributed by atoms with van der Waals surface area (Å²) in [4.78, 5) is 0.411. The van der Waals surface area contributed by atoms with Gasteiger partial charge in [0.05, 0.1) is 10.6 Å². The lowest BCUT2D eigenvalue weighted by molar-refractivity contribution is 0.595. The molecular weight excluding hydrogens is 268 g/mol. The van der Waals surface area contributed by atoms with E-state index in [2.05, 4.69) is 0 Å². The van der Waals surface area contributed by atoms with E-state index < -0.39 is 9.84 Å². The summed E-state index contributed by atoms with van der Waals surface area (Å²) in [5, 5.41) is 1.69. The van der Waals surface area contributed by atoms with Crippen LogP contribution in [0, 0.1) is 0 Å². The molecule has 18 heavy (non-hydrogen) atoms. The molecule has 0 aliphatic rings. The Morgan fingerprint density at radius 1 is 1.06 bits per heavy atom. The zero-order valence-electron chi connectivity index (χ0n) is 10.2. The van der Waals surface area contributed by atoms with Gasteiger partial charge in [0.15, 0.2) is 9.84 Å². The van der Waals surface area contributed by atoms with Crippen LogP contribution in [-0.2, 0) is 15.7 Å². The van der Waals surface area contributed by atoms with Crippen LogP contribution in [-0.4, -0.2) is 14.2 Å². The number of benzene rings is 2. The van der Waals surface area contributed by atoms with Crippen molar-refractivity contribution in [2.45, 2.75) is 24.1 Å². The molecule has 0 spiro atoms. The van der Waals surface area contributed by atoms with Crippen molar-refractivity contribution in [2.24, 2.45) is 0 Å². The highest BCUT2D eigenvalue weighted by atomic mass is 35.5. The highest BCUT2D eigenvalue weighted by Crippen LogP contribution is 2.28. The summed E-state index contributed by atoms with van der Waals surface area (Å²) in [6, 6.07) is 11.0. The largest absolute Gasteiger partial charge is 0.224 e. The summed E-state index contributed by atoms with van der Waals surface area (Å²) in [5.74, 6) is 0.561. The van der Waals surface area contributed by atoms with Crippen molar-refractivity contribution in [3.63, 3.8) is 0 Å². The highest BCUT2D eigenvalue weighted by molar-refractivity contribution is 7.91. The quantitative estimate of drug-likeness (QED) is 0.800. The first kappa shape index (κ1) is 13.4. The second kappa shape index (κ2) is 5.29. The minimum absolute atomic E-state index is 0.178. The summed E-state index contributed by atoms with van der Waals surface area (Å²) >= 11 is 5.88. The van der Waals surface area contributed by atoms with Crippen molar-refractivity contribution < 1.29 is 8.42 Å². The van der Waals surface area contributed by atoms with Crippen LogP contribution < -0.4 is 0 Å². The first-order chi connectivity index (χ1) is 8.60. The molecule has 0 aromatic heterocycles. The Balaban J connectivity index is 2.75. The van der Waals surface area contributed by atoms with Gasteiger partial charge < -0.3 is 0 Å². The van der Waals surface area contributed by atoms with Gasteiger partial charge in [-0.2, -0.15) is 0 Å². The maximum absolute atomic E-state index is 12.2. The van der Waals surface area contributed by atoms with Gasteiger partial charge in [0.1, 0.15) is 0 Å². The SMILES string of the molecule is CCCS(=O)(=O)c1ccc(CCl)c2ccccc12. The van der Waals surface area contributed by atoms with Gasteiger partial charge in [-0.25, -0.2) is 8.42 Å². The third kappa shape index (κ3) is 2.38. The maximum Gasteiger partial charge on any atom is 0.178 e. The molecule has 2 nitrogen and oxygen atoms in total. The van der Waals surface area contributed by atoms with E-state index in [-0.39, 0.29) is 5.75 Å². The van der Waals surface area contributed by atoms with Crippen LogP contribution >= 0.6 is 11.6 Å². The van der Waals surface area contributed by atoms with E-state index in [0.29, 0.717) is 17.2 Å². The molecule has 0 N–H and O–H groups in total. The molecule has 2 rings (SSSR count). The number of halogens is 1. The van der Waals surface area contributed by atoms with Gasteiger partial charge in [0.2, 0.25) is 0 Å². The maximum atomic E-state index is 12.2. The molecule has 0 saturated heterocycles. The van der Waals surface area contributed by atoms with Crippen molar-refractivity contribution in [3.05, 3.63) is 42.0 Å². The first-order valence-electron chi connectivity index (χ1n) is 5.89. The number of sulfone groups is 1. The minimum atomic E-state index is -3.21. The van der Waals surface area contributed by atoms with Crippen LogP contribution in [0.5, 0.6) is 0 Å². The molecule has 96 valence electrons. The fraction of sp³-hybridized carbons (Fsp3) is 0.286. The van der Waals surface area contributed by atoms with E-state index in [4.69, 9.17) is 11.6 Å². The molecule has 0 atom stereocenters. The van der Waals surface area contributed by atoms with Crippen LogP contribution in [0.1, 0.15) is 18.9 Å².